The molecule has 5 unspecified atom stereocenters. The zero-order chi connectivity index (χ0) is 22.9. The van der Waals surface area contributed by atoms with Crippen LogP contribution in [0.5, 0.6) is 0 Å². The molecule has 0 amide bonds. The normalized spacial score (nSPS) is 26.3. The van der Waals surface area contributed by atoms with Crippen molar-refractivity contribution in [1.82, 2.24) is 0 Å². The number of hydrogen-bond donors (Lipinski definition) is 0. The Labute approximate surface area is 194 Å². The predicted molar refractivity (Wildman–Crippen MR) is 124 cm³/mol. The quantitative estimate of drug-likeness (QED) is 0.191. The molecular formula is C24H45ClO6. The summed E-state index contributed by atoms with van der Waals surface area (Å²) >= 11 is 5.77. The van der Waals surface area contributed by atoms with Gasteiger partial charge in [0.15, 0.2) is 0 Å². The van der Waals surface area contributed by atoms with Crippen LogP contribution in [-0.4, -0.2) is 68.8 Å². The summed E-state index contributed by atoms with van der Waals surface area (Å²) in [7, 11) is 0. The lowest BCUT2D eigenvalue weighted by atomic mass is 9.92. The van der Waals surface area contributed by atoms with Gasteiger partial charge in [0.05, 0.1) is 19.1 Å². The van der Waals surface area contributed by atoms with Crippen LogP contribution in [0.1, 0.15) is 85.5 Å². The molecule has 0 spiro atoms. The summed E-state index contributed by atoms with van der Waals surface area (Å²) in [6.45, 7) is 11.4. The van der Waals surface area contributed by atoms with E-state index in [-0.39, 0.29) is 24.7 Å². The Hall–Kier alpha value is -0.240. The molecule has 0 aromatic carbocycles. The highest BCUT2D eigenvalue weighted by molar-refractivity contribution is 6.63. The van der Waals surface area contributed by atoms with E-state index in [0.29, 0.717) is 33.0 Å². The van der Waals surface area contributed by atoms with Gasteiger partial charge in [0, 0.05) is 26.4 Å². The summed E-state index contributed by atoms with van der Waals surface area (Å²) in [6, 6.07) is 0. The van der Waals surface area contributed by atoms with Gasteiger partial charge in [-0.2, -0.15) is 0 Å². The number of ether oxygens (including phenoxy) is 5. The summed E-state index contributed by atoms with van der Waals surface area (Å²) in [5, 5.41) is -0.433. The summed E-state index contributed by atoms with van der Waals surface area (Å²) in [5.74, 6) is 0. The summed E-state index contributed by atoms with van der Waals surface area (Å²) in [4.78, 5) is 11.8. The second-order valence-corrected chi connectivity index (χ2v) is 8.69. The summed E-state index contributed by atoms with van der Waals surface area (Å²) in [5.41, 5.74) is 0. The minimum absolute atomic E-state index is 0.0825. The molecule has 1 heterocycles. The van der Waals surface area contributed by atoms with Crippen molar-refractivity contribution < 1.29 is 28.5 Å². The van der Waals surface area contributed by atoms with E-state index in [1.165, 1.54) is 0 Å². The first-order valence-corrected chi connectivity index (χ1v) is 12.7. The van der Waals surface area contributed by atoms with E-state index >= 15 is 0 Å². The number of rotatable bonds is 19. The molecule has 0 aliphatic carbocycles. The maximum Gasteiger partial charge on any atom is 0.224 e. The van der Waals surface area contributed by atoms with Crippen LogP contribution in [-0.2, 0) is 28.5 Å². The van der Waals surface area contributed by atoms with Crippen molar-refractivity contribution in [3.63, 3.8) is 0 Å². The van der Waals surface area contributed by atoms with Crippen LogP contribution < -0.4 is 0 Å². The van der Waals surface area contributed by atoms with Crippen LogP contribution in [0.2, 0.25) is 0 Å². The molecule has 31 heavy (non-hydrogen) atoms. The fraction of sp³-hybridized carbons (Fsp3) is 0.958. The first kappa shape index (κ1) is 28.8. The lowest BCUT2D eigenvalue weighted by molar-refractivity contribution is -0.265. The van der Waals surface area contributed by atoms with Gasteiger partial charge < -0.3 is 23.7 Å². The second-order valence-electron chi connectivity index (χ2n) is 8.27. The Morgan fingerprint density at radius 1 is 0.710 bits per heavy atom. The van der Waals surface area contributed by atoms with Crippen LogP contribution in [0.3, 0.4) is 0 Å². The predicted octanol–water partition coefficient (Wildman–Crippen LogP) is 5.28. The molecule has 0 radical (unpaired) electrons. The smallest absolute Gasteiger partial charge is 0.224 e. The number of carbonyl (C=O) groups excluding carboxylic acids is 1. The third kappa shape index (κ3) is 11.4. The van der Waals surface area contributed by atoms with E-state index < -0.39 is 17.5 Å². The molecule has 0 aromatic heterocycles. The van der Waals surface area contributed by atoms with Crippen molar-refractivity contribution in [3.05, 3.63) is 0 Å². The van der Waals surface area contributed by atoms with E-state index in [9.17, 15) is 4.79 Å². The summed E-state index contributed by atoms with van der Waals surface area (Å²) in [6.07, 6.45) is 6.29. The second kappa shape index (κ2) is 18.2. The average Bonchev–Trinajstić information content (AvgIpc) is 2.74. The maximum atomic E-state index is 11.8. The van der Waals surface area contributed by atoms with Crippen molar-refractivity contribution in [1.29, 1.82) is 0 Å². The Morgan fingerprint density at radius 3 is 1.65 bits per heavy atom. The molecule has 0 saturated carbocycles. The van der Waals surface area contributed by atoms with Crippen LogP contribution in [0.4, 0.5) is 0 Å². The van der Waals surface area contributed by atoms with Gasteiger partial charge in [-0.25, -0.2) is 0 Å². The molecule has 7 heteroatoms. The van der Waals surface area contributed by atoms with Gasteiger partial charge in [-0.15, -0.1) is 0 Å². The summed E-state index contributed by atoms with van der Waals surface area (Å²) < 4.78 is 31.1. The Kier molecular flexibility index (Phi) is 16.9. The Bertz CT molecular complexity index is 450. The SMILES string of the molecule is CCCCOCC1OC(CC(=O)Cl)C(OCCCC)C(OCCCC)C1OCCCC. The third-order valence-electron chi connectivity index (χ3n) is 5.44. The van der Waals surface area contributed by atoms with Crippen LogP contribution in [0, 0.1) is 0 Å². The first-order valence-electron chi connectivity index (χ1n) is 12.3. The molecule has 1 rings (SSSR count). The molecule has 184 valence electrons. The minimum Gasteiger partial charge on any atom is -0.379 e. The average molecular weight is 465 g/mol. The highest BCUT2D eigenvalue weighted by atomic mass is 35.5. The van der Waals surface area contributed by atoms with Gasteiger partial charge in [-0.05, 0) is 37.3 Å². The van der Waals surface area contributed by atoms with Crippen molar-refractivity contribution in [2.24, 2.45) is 0 Å². The molecule has 0 bridgehead atoms. The van der Waals surface area contributed by atoms with Gasteiger partial charge >= 0.3 is 0 Å². The molecule has 0 N–H and O–H groups in total. The highest BCUT2D eigenvalue weighted by Gasteiger charge is 2.48. The van der Waals surface area contributed by atoms with Crippen LogP contribution in [0.15, 0.2) is 0 Å². The first-order chi connectivity index (χ1) is 15.1. The van der Waals surface area contributed by atoms with Gasteiger partial charge in [-0.3, -0.25) is 4.79 Å². The fourth-order valence-corrected chi connectivity index (χ4v) is 3.73. The number of hydrogen-bond acceptors (Lipinski definition) is 6. The van der Waals surface area contributed by atoms with Crippen molar-refractivity contribution in [3.8, 4) is 0 Å². The van der Waals surface area contributed by atoms with Gasteiger partial charge in [0.25, 0.3) is 0 Å². The zero-order valence-corrected chi connectivity index (χ0v) is 20.9. The number of halogens is 1. The minimum atomic E-state index is -0.473. The van der Waals surface area contributed by atoms with Gasteiger partial charge in [0.2, 0.25) is 5.24 Å². The van der Waals surface area contributed by atoms with Crippen LogP contribution >= 0.6 is 11.6 Å². The van der Waals surface area contributed by atoms with E-state index in [4.69, 9.17) is 35.3 Å². The molecule has 1 fully saturated rings. The van der Waals surface area contributed by atoms with Gasteiger partial charge in [0.1, 0.15) is 24.4 Å². The van der Waals surface area contributed by atoms with E-state index in [1.807, 2.05) is 0 Å². The fourth-order valence-electron chi connectivity index (χ4n) is 3.58. The van der Waals surface area contributed by atoms with Crippen LogP contribution in [0.25, 0.3) is 0 Å². The molecule has 6 nitrogen and oxygen atoms in total. The lowest BCUT2D eigenvalue weighted by Crippen LogP contribution is -2.61. The Balaban J connectivity index is 3.06. The number of carbonyl (C=O) groups is 1. The van der Waals surface area contributed by atoms with E-state index in [2.05, 4.69) is 27.7 Å². The molecular weight excluding hydrogens is 420 g/mol. The third-order valence-corrected chi connectivity index (χ3v) is 5.59. The molecule has 1 aliphatic heterocycles. The standard InChI is InChI=1S/C24H45ClO6/c1-5-9-13-27-18-20-23(29-15-11-7-3)24(30-16-12-8-4)22(28-14-10-6-2)19(31-20)17-21(25)26/h19-20,22-24H,5-18H2,1-4H3. The van der Waals surface area contributed by atoms with E-state index in [1.54, 1.807) is 0 Å². The van der Waals surface area contributed by atoms with Crippen molar-refractivity contribution in [2.45, 2.75) is 116 Å². The van der Waals surface area contributed by atoms with E-state index in [0.717, 1.165) is 51.4 Å². The maximum absolute atomic E-state index is 11.8. The van der Waals surface area contributed by atoms with Crippen molar-refractivity contribution >= 4 is 16.8 Å². The highest BCUT2D eigenvalue weighted by Crippen LogP contribution is 2.31. The largest absolute Gasteiger partial charge is 0.379 e. The zero-order valence-electron chi connectivity index (χ0n) is 20.1. The lowest BCUT2D eigenvalue weighted by Gasteiger charge is -2.46. The molecule has 0 aromatic rings. The Morgan fingerprint density at radius 2 is 1.16 bits per heavy atom. The van der Waals surface area contributed by atoms with Crippen molar-refractivity contribution in [2.75, 3.05) is 33.0 Å². The number of unbranched alkanes of at least 4 members (excludes halogenated alkanes) is 4. The molecule has 1 saturated heterocycles. The molecule has 1 aliphatic rings. The monoisotopic (exact) mass is 464 g/mol. The van der Waals surface area contributed by atoms with Gasteiger partial charge in [-0.1, -0.05) is 53.4 Å². The molecule has 5 atom stereocenters. The topological polar surface area (TPSA) is 63.2 Å².